The summed E-state index contributed by atoms with van der Waals surface area (Å²) in [5.74, 6) is -0.620. The number of halogens is 1. The van der Waals surface area contributed by atoms with E-state index < -0.39 is 15.7 Å². The van der Waals surface area contributed by atoms with Gasteiger partial charge in [0.15, 0.2) is 9.84 Å². The summed E-state index contributed by atoms with van der Waals surface area (Å²) in [5, 5.41) is 0. The van der Waals surface area contributed by atoms with Crippen LogP contribution in [-0.2, 0) is 22.1 Å². The first-order chi connectivity index (χ1) is 7.98. The van der Waals surface area contributed by atoms with Gasteiger partial charge >= 0.3 is 0 Å². The molecule has 1 rings (SSSR count). The molecule has 1 aromatic rings. The van der Waals surface area contributed by atoms with Crippen LogP contribution in [0.25, 0.3) is 0 Å². The van der Waals surface area contributed by atoms with E-state index >= 15 is 0 Å². The molecule has 0 aliphatic rings. The van der Waals surface area contributed by atoms with Crippen molar-refractivity contribution < 1.29 is 12.8 Å². The Bertz CT molecular complexity index is 471. The Morgan fingerprint density at radius 1 is 1.35 bits per heavy atom. The molecule has 0 amide bonds. The van der Waals surface area contributed by atoms with Crippen LogP contribution in [-0.4, -0.2) is 14.2 Å². The molecule has 2 N–H and O–H groups in total. The van der Waals surface area contributed by atoms with Crippen LogP contribution in [0.1, 0.15) is 30.9 Å². The molecular weight excluding hydrogens is 241 g/mol. The standard InChI is InChI=1S/C12H18FNO2S/c1-2-3-6-17(15,16)9-11-7-10(8-14)4-5-12(11)13/h4-5,7H,2-3,6,8-9,14H2,1H3. The fraction of sp³-hybridized carbons (Fsp3) is 0.500. The SMILES string of the molecule is CCCCS(=O)(=O)Cc1cc(CN)ccc1F. The van der Waals surface area contributed by atoms with Gasteiger partial charge < -0.3 is 5.73 Å². The van der Waals surface area contributed by atoms with Gasteiger partial charge in [0.1, 0.15) is 5.82 Å². The second-order valence-corrected chi connectivity index (χ2v) is 6.26. The van der Waals surface area contributed by atoms with Gasteiger partial charge in [-0.05, 0) is 18.1 Å². The van der Waals surface area contributed by atoms with E-state index in [0.29, 0.717) is 6.42 Å². The lowest BCUT2D eigenvalue weighted by atomic mass is 10.1. The Morgan fingerprint density at radius 2 is 2.06 bits per heavy atom. The van der Waals surface area contributed by atoms with E-state index in [1.807, 2.05) is 6.92 Å². The molecule has 0 unspecified atom stereocenters. The highest BCUT2D eigenvalue weighted by molar-refractivity contribution is 7.90. The van der Waals surface area contributed by atoms with Crippen LogP contribution in [0, 0.1) is 5.82 Å². The Balaban J connectivity index is 2.87. The van der Waals surface area contributed by atoms with Gasteiger partial charge in [-0.3, -0.25) is 0 Å². The molecule has 17 heavy (non-hydrogen) atoms. The highest BCUT2D eigenvalue weighted by atomic mass is 32.2. The molecule has 0 aliphatic carbocycles. The van der Waals surface area contributed by atoms with Crippen LogP contribution in [0.5, 0.6) is 0 Å². The smallest absolute Gasteiger partial charge is 0.154 e. The predicted molar refractivity (Wildman–Crippen MR) is 66.7 cm³/mol. The second kappa shape index (κ2) is 6.12. The molecule has 96 valence electrons. The third-order valence-corrected chi connectivity index (χ3v) is 4.19. The summed E-state index contributed by atoms with van der Waals surface area (Å²) in [4.78, 5) is 0. The Hall–Kier alpha value is -0.940. The monoisotopic (exact) mass is 259 g/mol. The number of rotatable bonds is 6. The minimum absolute atomic E-state index is 0.107. The summed E-state index contributed by atoms with van der Waals surface area (Å²) >= 11 is 0. The van der Waals surface area contributed by atoms with Gasteiger partial charge in [0.2, 0.25) is 0 Å². The molecule has 0 heterocycles. The number of hydrogen-bond acceptors (Lipinski definition) is 3. The van der Waals surface area contributed by atoms with Crippen LogP contribution >= 0.6 is 0 Å². The molecule has 0 saturated heterocycles. The molecule has 1 aromatic carbocycles. The van der Waals surface area contributed by atoms with Crippen molar-refractivity contribution >= 4 is 9.84 Å². The minimum Gasteiger partial charge on any atom is -0.326 e. The van der Waals surface area contributed by atoms with Crippen LogP contribution < -0.4 is 5.73 Å². The molecular formula is C12H18FNO2S. The molecule has 0 saturated carbocycles. The molecule has 0 spiro atoms. The Labute approximate surface area is 102 Å². The summed E-state index contributed by atoms with van der Waals surface area (Å²) in [6.07, 6.45) is 1.42. The second-order valence-electron chi connectivity index (χ2n) is 4.08. The van der Waals surface area contributed by atoms with Gasteiger partial charge in [0.05, 0.1) is 11.5 Å². The number of unbranched alkanes of at least 4 members (excludes halogenated alkanes) is 1. The summed E-state index contributed by atoms with van der Waals surface area (Å²) in [6.45, 7) is 2.20. The predicted octanol–water partition coefficient (Wildman–Crippen LogP) is 2.00. The number of benzene rings is 1. The van der Waals surface area contributed by atoms with Crippen molar-refractivity contribution in [2.45, 2.75) is 32.1 Å². The molecule has 3 nitrogen and oxygen atoms in total. The van der Waals surface area contributed by atoms with E-state index in [2.05, 4.69) is 0 Å². The van der Waals surface area contributed by atoms with Crippen LogP contribution in [0.4, 0.5) is 4.39 Å². The molecule has 0 radical (unpaired) electrons. The Morgan fingerprint density at radius 3 is 2.65 bits per heavy atom. The average Bonchev–Trinajstić information content (AvgIpc) is 2.29. The zero-order valence-electron chi connectivity index (χ0n) is 9.95. The van der Waals surface area contributed by atoms with E-state index in [1.165, 1.54) is 12.1 Å². The lowest BCUT2D eigenvalue weighted by Crippen LogP contribution is -2.11. The van der Waals surface area contributed by atoms with Gasteiger partial charge in [-0.2, -0.15) is 0 Å². The van der Waals surface area contributed by atoms with Gasteiger partial charge in [-0.15, -0.1) is 0 Å². The first-order valence-corrected chi connectivity index (χ1v) is 7.48. The lowest BCUT2D eigenvalue weighted by Gasteiger charge is -2.07. The lowest BCUT2D eigenvalue weighted by molar-refractivity contribution is 0.584. The highest BCUT2D eigenvalue weighted by Gasteiger charge is 2.14. The summed E-state index contributed by atoms with van der Waals surface area (Å²) in [5.41, 5.74) is 6.40. The maximum atomic E-state index is 13.5. The van der Waals surface area contributed by atoms with Gasteiger partial charge in [0.25, 0.3) is 0 Å². The van der Waals surface area contributed by atoms with E-state index in [4.69, 9.17) is 5.73 Å². The first kappa shape index (κ1) is 14.1. The van der Waals surface area contributed by atoms with Crippen molar-refractivity contribution in [3.8, 4) is 0 Å². The van der Waals surface area contributed by atoms with Gasteiger partial charge in [-0.25, -0.2) is 12.8 Å². The van der Waals surface area contributed by atoms with Crippen molar-refractivity contribution in [2.75, 3.05) is 5.75 Å². The molecule has 0 aliphatic heterocycles. The van der Waals surface area contributed by atoms with Gasteiger partial charge in [-0.1, -0.05) is 25.5 Å². The molecule has 0 atom stereocenters. The largest absolute Gasteiger partial charge is 0.326 e. The van der Waals surface area contributed by atoms with E-state index in [0.717, 1.165) is 12.0 Å². The van der Waals surface area contributed by atoms with E-state index in [1.54, 1.807) is 6.07 Å². The van der Waals surface area contributed by atoms with Crippen molar-refractivity contribution in [2.24, 2.45) is 5.73 Å². The maximum absolute atomic E-state index is 13.5. The molecule has 5 heteroatoms. The normalized spacial score (nSPS) is 11.7. The van der Waals surface area contributed by atoms with Crippen molar-refractivity contribution in [1.29, 1.82) is 0 Å². The maximum Gasteiger partial charge on any atom is 0.154 e. The van der Waals surface area contributed by atoms with Crippen molar-refractivity contribution in [1.82, 2.24) is 0 Å². The topological polar surface area (TPSA) is 60.2 Å². The van der Waals surface area contributed by atoms with Crippen LogP contribution in [0.3, 0.4) is 0 Å². The van der Waals surface area contributed by atoms with E-state index in [9.17, 15) is 12.8 Å². The molecule has 0 fully saturated rings. The van der Waals surface area contributed by atoms with Gasteiger partial charge in [0, 0.05) is 12.1 Å². The van der Waals surface area contributed by atoms with Crippen LogP contribution in [0.2, 0.25) is 0 Å². The number of sulfone groups is 1. The van der Waals surface area contributed by atoms with Crippen molar-refractivity contribution in [3.63, 3.8) is 0 Å². The average molecular weight is 259 g/mol. The van der Waals surface area contributed by atoms with E-state index in [-0.39, 0.29) is 23.6 Å². The quantitative estimate of drug-likeness (QED) is 0.850. The third kappa shape index (κ3) is 4.44. The zero-order chi connectivity index (χ0) is 12.9. The summed E-state index contributed by atoms with van der Waals surface area (Å²) in [6, 6.07) is 4.36. The minimum atomic E-state index is -3.23. The summed E-state index contributed by atoms with van der Waals surface area (Å²) in [7, 11) is -3.23. The first-order valence-electron chi connectivity index (χ1n) is 5.66. The fourth-order valence-corrected chi connectivity index (χ4v) is 3.11. The summed E-state index contributed by atoms with van der Waals surface area (Å²) < 4.78 is 36.9. The molecule has 0 aromatic heterocycles. The number of nitrogens with two attached hydrogens (primary N) is 1. The zero-order valence-corrected chi connectivity index (χ0v) is 10.8. The third-order valence-electron chi connectivity index (χ3n) is 2.53. The fourth-order valence-electron chi connectivity index (χ4n) is 1.54. The highest BCUT2D eigenvalue weighted by Crippen LogP contribution is 2.15. The van der Waals surface area contributed by atoms with Crippen molar-refractivity contribution in [3.05, 3.63) is 35.1 Å². The Kier molecular flexibility index (Phi) is 5.08. The van der Waals surface area contributed by atoms with Crippen LogP contribution in [0.15, 0.2) is 18.2 Å². The number of hydrogen-bond donors (Lipinski definition) is 1. The molecule has 0 bridgehead atoms.